The van der Waals surface area contributed by atoms with Crippen LogP contribution >= 0.6 is 0 Å². The summed E-state index contributed by atoms with van der Waals surface area (Å²) >= 11 is 0. The van der Waals surface area contributed by atoms with Gasteiger partial charge in [-0.3, -0.25) is 0 Å². The van der Waals surface area contributed by atoms with E-state index >= 15 is 0 Å². The number of benzene rings is 1. The lowest BCUT2D eigenvalue weighted by atomic mass is 10.0. The SMILES string of the molecule is O=C(O)COc1ccc2c(c1)OC(C(F)(F)F)C(C(=O)O)=C2. The van der Waals surface area contributed by atoms with Crippen molar-refractivity contribution in [2.75, 3.05) is 6.61 Å². The van der Waals surface area contributed by atoms with Gasteiger partial charge in [-0.2, -0.15) is 13.2 Å². The Hall–Kier alpha value is -2.71. The maximum absolute atomic E-state index is 12.9. The molecule has 1 unspecified atom stereocenters. The molecule has 0 fully saturated rings. The lowest BCUT2D eigenvalue weighted by molar-refractivity contribution is -0.187. The normalized spacial score (nSPS) is 17.0. The van der Waals surface area contributed by atoms with Crippen LogP contribution in [0.2, 0.25) is 0 Å². The van der Waals surface area contributed by atoms with Crippen molar-refractivity contribution in [3.63, 3.8) is 0 Å². The predicted octanol–water partition coefficient (Wildman–Crippen LogP) is 1.94. The van der Waals surface area contributed by atoms with Crippen molar-refractivity contribution in [1.29, 1.82) is 0 Å². The molecule has 0 bridgehead atoms. The molecule has 1 aliphatic rings. The average molecular weight is 318 g/mol. The van der Waals surface area contributed by atoms with E-state index < -0.39 is 36.4 Å². The van der Waals surface area contributed by atoms with E-state index in [4.69, 9.17) is 19.7 Å². The maximum Gasteiger partial charge on any atom is 0.430 e. The van der Waals surface area contributed by atoms with Crippen LogP contribution in [0.3, 0.4) is 0 Å². The molecule has 22 heavy (non-hydrogen) atoms. The average Bonchev–Trinajstić information content (AvgIpc) is 2.42. The number of aliphatic carboxylic acids is 2. The van der Waals surface area contributed by atoms with E-state index in [0.717, 1.165) is 12.1 Å². The van der Waals surface area contributed by atoms with Crippen LogP contribution in [0.1, 0.15) is 5.56 Å². The van der Waals surface area contributed by atoms with Crippen LogP contribution in [0.25, 0.3) is 6.08 Å². The summed E-state index contributed by atoms with van der Waals surface area (Å²) in [5, 5.41) is 17.3. The fourth-order valence-corrected chi connectivity index (χ4v) is 1.82. The first-order valence-corrected chi connectivity index (χ1v) is 5.85. The van der Waals surface area contributed by atoms with Gasteiger partial charge < -0.3 is 19.7 Å². The lowest BCUT2D eigenvalue weighted by Crippen LogP contribution is -2.40. The van der Waals surface area contributed by atoms with Crippen LogP contribution in [-0.2, 0) is 9.59 Å². The van der Waals surface area contributed by atoms with Crippen molar-refractivity contribution in [3.8, 4) is 11.5 Å². The molecule has 6 nitrogen and oxygen atoms in total. The van der Waals surface area contributed by atoms with Crippen molar-refractivity contribution in [2.45, 2.75) is 12.3 Å². The molecule has 2 N–H and O–H groups in total. The van der Waals surface area contributed by atoms with Gasteiger partial charge in [0.25, 0.3) is 0 Å². The second-order valence-corrected chi connectivity index (χ2v) is 4.33. The number of carboxylic acid groups (broad SMARTS) is 2. The molecule has 1 aromatic carbocycles. The minimum atomic E-state index is -4.90. The molecular weight excluding hydrogens is 309 g/mol. The summed E-state index contributed by atoms with van der Waals surface area (Å²) in [5.41, 5.74) is -0.806. The Kier molecular flexibility index (Phi) is 3.98. The lowest BCUT2D eigenvalue weighted by Gasteiger charge is -2.27. The van der Waals surface area contributed by atoms with Gasteiger partial charge in [-0.15, -0.1) is 0 Å². The summed E-state index contributed by atoms with van der Waals surface area (Å²) in [5.74, 6) is -3.23. The molecule has 1 aromatic rings. The summed E-state index contributed by atoms with van der Waals surface area (Å²) in [7, 11) is 0. The topological polar surface area (TPSA) is 93.1 Å². The Labute approximate surface area is 121 Å². The van der Waals surface area contributed by atoms with Gasteiger partial charge in [0.1, 0.15) is 11.5 Å². The molecule has 0 saturated carbocycles. The quantitative estimate of drug-likeness (QED) is 0.881. The third-order valence-corrected chi connectivity index (χ3v) is 2.73. The summed E-state index contributed by atoms with van der Waals surface area (Å²) in [6, 6.07) is 3.66. The molecule has 0 aliphatic carbocycles. The number of fused-ring (bicyclic) bond motifs is 1. The van der Waals surface area contributed by atoms with E-state index in [9.17, 15) is 22.8 Å². The van der Waals surface area contributed by atoms with Crippen molar-refractivity contribution in [2.24, 2.45) is 0 Å². The number of halogens is 3. The highest BCUT2D eigenvalue weighted by Crippen LogP contribution is 2.38. The number of hydrogen-bond donors (Lipinski definition) is 2. The van der Waals surface area contributed by atoms with Crippen LogP contribution < -0.4 is 9.47 Å². The van der Waals surface area contributed by atoms with Crippen molar-refractivity contribution in [1.82, 2.24) is 0 Å². The first kappa shape index (κ1) is 15.7. The zero-order valence-electron chi connectivity index (χ0n) is 10.8. The molecule has 2 rings (SSSR count). The standard InChI is InChI=1S/C13H9F3O6/c14-13(15,16)11-8(12(19)20)3-6-1-2-7(4-9(6)22-11)21-5-10(17)18/h1-4,11H,5H2,(H,17,18)(H,19,20). The van der Waals surface area contributed by atoms with Crippen LogP contribution in [0, 0.1) is 0 Å². The number of alkyl halides is 3. The molecule has 118 valence electrons. The van der Waals surface area contributed by atoms with Crippen molar-refractivity contribution >= 4 is 18.0 Å². The van der Waals surface area contributed by atoms with Gasteiger partial charge in [-0.1, -0.05) is 0 Å². The first-order valence-electron chi connectivity index (χ1n) is 5.85. The molecule has 9 heteroatoms. The Morgan fingerprint density at radius 1 is 1.27 bits per heavy atom. The van der Waals surface area contributed by atoms with Gasteiger partial charge in [-0.05, 0) is 18.2 Å². The zero-order valence-corrected chi connectivity index (χ0v) is 10.8. The Balaban J connectivity index is 2.36. The number of carbonyl (C=O) groups is 2. The summed E-state index contributed by atoms with van der Waals surface area (Å²) < 4.78 is 48.1. The second-order valence-electron chi connectivity index (χ2n) is 4.33. The Morgan fingerprint density at radius 2 is 1.95 bits per heavy atom. The largest absolute Gasteiger partial charge is 0.482 e. The maximum atomic E-state index is 12.9. The van der Waals surface area contributed by atoms with E-state index in [1.807, 2.05) is 0 Å². The van der Waals surface area contributed by atoms with Crippen molar-refractivity contribution in [3.05, 3.63) is 29.3 Å². The highest BCUT2D eigenvalue weighted by Gasteiger charge is 2.48. The van der Waals surface area contributed by atoms with Crippen LogP contribution in [0.15, 0.2) is 23.8 Å². The van der Waals surface area contributed by atoms with E-state index in [1.54, 1.807) is 0 Å². The Bertz CT molecular complexity index is 650. The molecule has 1 aliphatic heterocycles. The number of ether oxygens (including phenoxy) is 2. The van der Waals surface area contributed by atoms with Gasteiger partial charge in [0.05, 0.1) is 5.57 Å². The fourth-order valence-electron chi connectivity index (χ4n) is 1.82. The van der Waals surface area contributed by atoms with Gasteiger partial charge in [0.2, 0.25) is 6.10 Å². The molecule has 0 radical (unpaired) electrons. The third kappa shape index (κ3) is 3.30. The number of carboxylic acids is 2. The number of rotatable bonds is 4. The highest BCUT2D eigenvalue weighted by molar-refractivity contribution is 5.95. The minimum absolute atomic E-state index is 0.00532. The second kappa shape index (κ2) is 5.58. The molecule has 0 spiro atoms. The van der Waals surface area contributed by atoms with E-state index in [2.05, 4.69) is 0 Å². The predicted molar refractivity (Wildman–Crippen MR) is 65.7 cm³/mol. The summed E-state index contributed by atoms with van der Waals surface area (Å²) in [6.07, 6.45) is -6.65. The van der Waals surface area contributed by atoms with Crippen molar-refractivity contribution < 1.29 is 42.4 Å². The van der Waals surface area contributed by atoms with E-state index in [0.29, 0.717) is 0 Å². The minimum Gasteiger partial charge on any atom is -0.482 e. The van der Waals surface area contributed by atoms with Gasteiger partial charge in [-0.25, -0.2) is 9.59 Å². The first-order chi connectivity index (χ1) is 10.2. The molecule has 0 saturated heterocycles. The number of hydrogen-bond acceptors (Lipinski definition) is 4. The van der Waals surface area contributed by atoms with Gasteiger partial charge >= 0.3 is 18.1 Å². The van der Waals surface area contributed by atoms with Gasteiger partial charge in [0.15, 0.2) is 6.61 Å². The highest BCUT2D eigenvalue weighted by atomic mass is 19.4. The monoisotopic (exact) mass is 318 g/mol. The molecule has 1 heterocycles. The fraction of sp³-hybridized carbons (Fsp3) is 0.231. The van der Waals surface area contributed by atoms with Gasteiger partial charge in [0, 0.05) is 11.6 Å². The molecule has 1 atom stereocenters. The molecule has 0 amide bonds. The smallest absolute Gasteiger partial charge is 0.430 e. The zero-order chi connectivity index (χ0) is 16.5. The van der Waals surface area contributed by atoms with E-state index in [1.165, 1.54) is 12.1 Å². The summed E-state index contributed by atoms with van der Waals surface area (Å²) in [6.45, 7) is -0.669. The van der Waals surface area contributed by atoms with Crippen LogP contribution in [-0.4, -0.2) is 41.0 Å². The third-order valence-electron chi connectivity index (χ3n) is 2.73. The van der Waals surface area contributed by atoms with Crippen LogP contribution in [0.5, 0.6) is 11.5 Å². The molecular formula is C13H9F3O6. The molecule has 0 aromatic heterocycles. The Morgan fingerprint density at radius 3 is 2.50 bits per heavy atom. The van der Waals surface area contributed by atoms with Crippen LogP contribution in [0.4, 0.5) is 13.2 Å². The van der Waals surface area contributed by atoms with E-state index in [-0.39, 0.29) is 17.1 Å². The summed E-state index contributed by atoms with van der Waals surface area (Å²) in [4.78, 5) is 21.3.